The molecule has 2 aromatic heterocycles. The molecule has 4 heterocycles. The highest BCUT2D eigenvalue weighted by Crippen LogP contribution is 2.32. The number of nitrogens with one attached hydrogen (secondary N) is 3. The van der Waals surface area contributed by atoms with Crippen molar-refractivity contribution in [2.24, 2.45) is 0 Å². The molecule has 0 radical (unpaired) electrons. The number of aromatic nitrogens is 4. The van der Waals surface area contributed by atoms with Gasteiger partial charge in [0.1, 0.15) is 17.7 Å². The Bertz CT molecular complexity index is 1020. The van der Waals surface area contributed by atoms with Crippen LogP contribution in [0.25, 0.3) is 11.2 Å². The zero-order chi connectivity index (χ0) is 22.0. The number of rotatable bonds is 6. The van der Waals surface area contributed by atoms with Crippen molar-refractivity contribution in [2.75, 3.05) is 30.9 Å². The quantitative estimate of drug-likeness (QED) is 0.294. The van der Waals surface area contributed by atoms with E-state index in [-0.39, 0.29) is 17.4 Å². The number of imidazole rings is 1. The van der Waals surface area contributed by atoms with E-state index in [2.05, 4.69) is 31.1 Å². The van der Waals surface area contributed by atoms with Crippen LogP contribution in [0.5, 0.6) is 0 Å². The van der Waals surface area contributed by atoms with Gasteiger partial charge in [-0.05, 0) is 12.5 Å². The van der Waals surface area contributed by atoms with Gasteiger partial charge >= 0.3 is 0 Å². The lowest BCUT2D eigenvalue weighted by Gasteiger charge is -2.17. The van der Waals surface area contributed by atoms with E-state index in [0.29, 0.717) is 25.3 Å². The number of carbonyl (C=O) groups is 1. The highest BCUT2D eigenvalue weighted by atomic mass is 16.6. The SMILES string of the molecule is CCNC(=O)[C@H]1O[C@@H](n2cnc3c(N)nc(NNC=C4C=CCOC4)nc32)[C@H](O)[C@@H]1O. The molecule has 0 bridgehead atoms. The number of aliphatic hydroxyl groups is 2. The Morgan fingerprint density at radius 3 is 2.97 bits per heavy atom. The van der Waals surface area contributed by atoms with Crippen LogP contribution in [0.1, 0.15) is 13.2 Å². The van der Waals surface area contributed by atoms with Crippen molar-refractivity contribution in [3.63, 3.8) is 0 Å². The van der Waals surface area contributed by atoms with E-state index in [1.165, 1.54) is 10.9 Å². The van der Waals surface area contributed by atoms with E-state index in [4.69, 9.17) is 15.2 Å². The fourth-order valence-corrected chi connectivity index (χ4v) is 3.34. The number of hydrazine groups is 1. The molecule has 1 saturated heterocycles. The van der Waals surface area contributed by atoms with E-state index < -0.39 is 30.4 Å². The molecule has 4 atom stereocenters. The number of likely N-dealkylation sites (N-methyl/N-ethyl adjacent to an activating group) is 1. The van der Waals surface area contributed by atoms with Gasteiger partial charge in [-0.3, -0.25) is 14.8 Å². The number of ether oxygens (including phenoxy) is 2. The van der Waals surface area contributed by atoms with Crippen LogP contribution in [-0.4, -0.2) is 73.7 Å². The van der Waals surface area contributed by atoms with Crippen LogP contribution in [-0.2, 0) is 14.3 Å². The standard InChI is InChI=1S/C18H24N8O5/c1-2-20-16(29)13-11(27)12(28)17(31-13)26-8-21-10-14(19)23-18(24-15(10)26)25-22-6-9-4-3-5-30-7-9/h3-4,6,8,11-13,17,22,27-28H,2,5,7H2,1H3,(H,20,29)(H3,19,23,24,25)/t11-,12+,13-,17+/m0/s1. The monoisotopic (exact) mass is 432 g/mol. The number of hydrogen-bond donors (Lipinski definition) is 6. The van der Waals surface area contributed by atoms with Gasteiger partial charge in [0.05, 0.1) is 19.5 Å². The van der Waals surface area contributed by atoms with Gasteiger partial charge in [0.25, 0.3) is 5.91 Å². The minimum atomic E-state index is -1.41. The number of fused-ring (bicyclic) bond motifs is 1. The lowest BCUT2D eigenvalue weighted by Crippen LogP contribution is -2.42. The Morgan fingerprint density at radius 1 is 1.39 bits per heavy atom. The fraction of sp³-hybridized carbons (Fsp3) is 0.444. The van der Waals surface area contributed by atoms with Crippen molar-refractivity contribution in [1.29, 1.82) is 0 Å². The summed E-state index contributed by atoms with van der Waals surface area (Å²) in [5.74, 6) is -0.261. The molecule has 4 rings (SSSR count). The first-order valence-corrected chi connectivity index (χ1v) is 9.73. The molecular weight excluding hydrogens is 408 g/mol. The molecule has 1 fully saturated rings. The number of nitrogen functional groups attached to an aromatic ring is 1. The molecular formula is C18H24N8O5. The minimum Gasteiger partial charge on any atom is -0.387 e. The molecule has 2 aliphatic rings. The molecule has 2 aliphatic heterocycles. The van der Waals surface area contributed by atoms with Crippen LogP contribution in [0.2, 0.25) is 0 Å². The van der Waals surface area contributed by atoms with E-state index in [9.17, 15) is 15.0 Å². The van der Waals surface area contributed by atoms with E-state index in [1.54, 1.807) is 13.1 Å². The van der Waals surface area contributed by atoms with Crippen molar-refractivity contribution in [3.05, 3.63) is 30.3 Å². The third kappa shape index (κ3) is 4.16. The highest BCUT2D eigenvalue weighted by Gasteiger charge is 2.47. The first-order valence-electron chi connectivity index (χ1n) is 9.73. The van der Waals surface area contributed by atoms with Gasteiger partial charge in [0.2, 0.25) is 5.95 Å². The van der Waals surface area contributed by atoms with Crippen LogP contribution in [0.15, 0.2) is 30.3 Å². The summed E-state index contributed by atoms with van der Waals surface area (Å²) in [4.78, 5) is 24.8. The van der Waals surface area contributed by atoms with Gasteiger partial charge in [-0.1, -0.05) is 12.2 Å². The van der Waals surface area contributed by atoms with Crippen molar-refractivity contribution in [3.8, 4) is 0 Å². The first-order chi connectivity index (χ1) is 15.0. The van der Waals surface area contributed by atoms with Crippen LogP contribution >= 0.6 is 0 Å². The molecule has 31 heavy (non-hydrogen) atoms. The number of aliphatic hydroxyl groups excluding tert-OH is 2. The number of hydrogen-bond acceptors (Lipinski definition) is 11. The lowest BCUT2D eigenvalue weighted by molar-refractivity contribution is -0.137. The summed E-state index contributed by atoms with van der Waals surface area (Å²) in [6.07, 6.45) is 1.78. The molecule has 13 heteroatoms. The molecule has 1 amide bonds. The van der Waals surface area contributed by atoms with Crippen LogP contribution in [0.3, 0.4) is 0 Å². The summed E-state index contributed by atoms with van der Waals surface area (Å²) in [7, 11) is 0. The predicted octanol–water partition coefficient (Wildman–Crippen LogP) is -1.45. The molecule has 2 aromatic rings. The van der Waals surface area contributed by atoms with E-state index in [1.807, 2.05) is 12.2 Å². The van der Waals surface area contributed by atoms with Crippen LogP contribution in [0.4, 0.5) is 11.8 Å². The zero-order valence-corrected chi connectivity index (χ0v) is 16.7. The van der Waals surface area contributed by atoms with Crippen molar-refractivity contribution >= 4 is 28.8 Å². The largest absolute Gasteiger partial charge is 0.387 e. The lowest BCUT2D eigenvalue weighted by atomic mass is 10.1. The summed E-state index contributed by atoms with van der Waals surface area (Å²) < 4.78 is 12.4. The Hall–Kier alpha value is -3.26. The Balaban J connectivity index is 1.57. The maximum absolute atomic E-state index is 12.1. The molecule has 13 nitrogen and oxygen atoms in total. The van der Waals surface area contributed by atoms with Crippen LogP contribution < -0.4 is 21.9 Å². The van der Waals surface area contributed by atoms with Gasteiger partial charge in [0, 0.05) is 12.7 Å². The second kappa shape index (κ2) is 8.85. The third-order valence-corrected chi connectivity index (χ3v) is 4.83. The number of amides is 1. The Labute approximate surface area is 176 Å². The first kappa shape index (κ1) is 21.0. The molecule has 7 N–H and O–H groups in total. The molecule has 0 unspecified atom stereocenters. The summed E-state index contributed by atoms with van der Waals surface area (Å²) in [6, 6.07) is 0. The molecule has 0 spiro atoms. The van der Waals surface area contributed by atoms with Crippen molar-refractivity contribution < 1.29 is 24.5 Å². The van der Waals surface area contributed by atoms with E-state index >= 15 is 0 Å². The van der Waals surface area contributed by atoms with Crippen molar-refractivity contribution in [1.82, 2.24) is 30.3 Å². The number of anilines is 2. The third-order valence-electron chi connectivity index (χ3n) is 4.83. The minimum absolute atomic E-state index is 0.106. The molecule has 0 saturated carbocycles. The number of nitrogens with zero attached hydrogens (tertiary/aromatic N) is 4. The maximum atomic E-state index is 12.1. The van der Waals surface area contributed by atoms with Gasteiger partial charge in [-0.25, -0.2) is 4.98 Å². The summed E-state index contributed by atoms with van der Waals surface area (Å²) >= 11 is 0. The van der Waals surface area contributed by atoms with Crippen LogP contribution in [0, 0.1) is 0 Å². The highest BCUT2D eigenvalue weighted by molar-refractivity contribution is 5.83. The maximum Gasteiger partial charge on any atom is 0.252 e. The second-order valence-electron chi connectivity index (χ2n) is 6.99. The van der Waals surface area contributed by atoms with Crippen molar-refractivity contribution in [2.45, 2.75) is 31.5 Å². The van der Waals surface area contributed by atoms with Gasteiger partial charge in [-0.15, -0.1) is 0 Å². The van der Waals surface area contributed by atoms with Gasteiger partial charge < -0.3 is 36.2 Å². The Kier molecular flexibility index (Phi) is 5.99. The Morgan fingerprint density at radius 2 is 2.23 bits per heavy atom. The molecule has 0 aliphatic carbocycles. The van der Waals surface area contributed by atoms with Gasteiger partial charge in [0.15, 0.2) is 23.8 Å². The number of nitrogens with two attached hydrogens (primary N) is 1. The average Bonchev–Trinajstić information content (AvgIpc) is 3.31. The van der Waals surface area contributed by atoms with Gasteiger partial charge in [-0.2, -0.15) is 9.97 Å². The smallest absolute Gasteiger partial charge is 0.252 e. The predicted molar refractivity (Wildman–Crippen MR) is 109 cm³/mol. The summed E-state index contributed by atoms with van der Waals surface area (Å²) in [6.45, 7) is 3.16. The summed E-state index contributed by atoms with van der Waals surface area (Å²) in [5.41, 5.74) is 13.2. The zero-order valence-electron chi connectivity index (χ0n) is 16.7. The number of carbonyl (C=O) groups excluding carboxylic acids is 1. The normalized spacial score (nSPS) is 27.0. The molecule has 166 valence electrons. The average molecular weight is 432 g/mol. The molecule has 0 aromatic carbocycles. The van der Waals surface area contributed by atoms with E-state index in [0.717, 1.165) is 5.57 Å². The second-order valence-corrected chi connectivity index (χ2v) is 6.99. The summed E-state index contributed by atoms with van der Waals surface area (Å²) in [5, 5.41) is 23.3. The fourth-order valence-electron chi connectivity index (χ4n) is 3.34. The topological polar surface area (TPSA) is 182 Å².